The molecule has 6 nitrogen and oxygen atoms in total. The van der Waals surface area contributed by atoms with Crippen molar-refractivity contribution in [3.63, 3.8) is 0 Å². The molecule has 0 aliphatic carbocycles. The van der Waals surface area contributed by atoms with Crippen LogP contribution in [0.1, 0.15) is 37.7 Å². The number of carboxylic acids is 1. The Bertz CT molecular complexity index is 696. The second-order valence-electron chi connectivity index (χ2n) is 7.02. The molecule has 0 saturated carbocycles. The first kappa shape index (κ1) is 23.0. The van der Waals surface area contributed by atoms with Crippen molar-refractivity contribution in [1.29, 1.82) is 0 Å². The highest BCUT2D eigenvalue weighted by atomic mass is 19.3. The molecule has 2 atom stereocenters. The van der Waals surface area contributed by atoms with Crippen molar-refractivity contribution in [2.75, 3.05) is 19.8 Å². The summed E-state index contributed by atoms with van der Waals surface area (Å²) in [5.41, 5.74) is -0.268. The second kappa shape index (κ2) is 11.0. The predicted molar refractivity (Wildman–Crippen MR) is 103 cm³/mol. The maximum atomic E-state index is 14.4. The van der Waals surface area contributed by atoms with Crippen molar-refractivity contribution in [1.82, 2.24) is 4.90 Å². The number of benzene rings is 1. The van der Waals surface area contributed by atoms with Gasteiger partial charge in [0.05, 0.1) is 6.04 Å². The molecule has 29 heavy (non-hydrogen) atoms. The predicted octanol–water partition coefficient (Wildman–Crippen LogP) is 2.96. The quantitative estimate of drug-likeness (QED) is 0.432. The molecule has 0 radical (unpaired) electrons. The highest BCUT2D eigenvalue weighted by molar-refractivity contribution is 5.77. The lowest BCUT2D eigenvalue weighted by Crippen LogP contribution is -2.43. The Morgan fingerprint density at radius 2 is 2.03 bits per heavy atom. The van der Waals surface area contributed by atoms with E-state index in [2.05, 4.69) is 0 Å². The van der Waals surface area contributed by atoms with Crippen molar-refractivity contribution >= 4 is 11.9 Å². The second-order valence-corrected chi connectivity index (χ2v) is 7.02. The van der Waals surface area contributed by atoms with Crippen LogP contribution in [0.5, 0.6) is 0 Å². The molecule has 1 heterocycles. The SMILES string of the molecule is O=C(O)COCCCCN1C(=O)CCC[C@@H]1/C=C/[C@@H](O)C(F)(F)c1ccccc1. The first-order chi connectivity index (χ1) is 13.8. The van der Waals surface area contributed by atoms with Crippen molar-refractivity contribution in [3.05, 3.63) is 48.0 Å². The van der Waals surface area contributed by atoms with E-state index in [4.69, 9.17) is 9.84 Å². The van der Waals surface area contributed by atoms with Crippen LogP contribution < -0.4 is 0 Å². The standard InChI is InChI=1S/C21H27F2NO5/c22-21(23,16-7-2-1-3-8-16)18(25)12-11-17-9-6-10-19(26)24(17)13-4-5-14-29-15-20(27)28/h1-3,7-8,11-12,17-18,25H,4-6,9-10,13-15H2,(H,27,28)/b12-11+/t17-,18-/m1/s1. The minimum atomic E-state index is -3.43. The Labute approximate surface area is 168 Å². The molecule has 1 fully saturated rings. The molecular weight excluding hydrogens is 384 g/mol. The molecule has 0 spiro atoms. The zero-order chi connectivity index (χ0) is 21.3. The van der Waals surface area contributed by atoms with Crippen LogP contribution in [-0.2, 0) is 20.2 Å². The maximum Gasteiger partial charge on any atom is 0.329 e. The summed E-state index contributed by atoms with van der Waals surface area (Å²) in [6, 6.07) is 6.78. The number of aliphatic carboxylic acids is 1. The highest BCUT2D eigenvalue weighted by Gasteiger charge is 2.39. The summed E-state index contributed by atoms with van der Waals surface area (Å²) in [5.74, 6) is -4.52. The lowest BCUT2D eigenvalue weighted by molar-refractivity contribution is -0.142. The molecule has 0 unspecified atom stereocenters. The van der Waals surface area contributed by atoms with E-state index in [1.54, 1.807) is 11.0 Å². The van der Waals surface area contributed by atoms with Crippen molar-refractivity contribution in [2.45, 2.75) is 50.2 Å². The highest BCUT2D eigenvalue weighted by Crippen LogP contribution is 2.32. The number of carboxylic acid groups (broad SMARTS) is 1. The van der Waals surface area contributed by atoms with E-state index in [-0.39, 0.29) is 30.7 Å². The maximum absolute atomic E-state index is 14.4. The van der Waals surface area contributed by atoms with Gasteiger partial charge >= 0.3 is 11.9 Å². The molecule has 1 aliphatic rings. The van der Waals surface area contributed by atoms with Gasteiger partial charge in [0, 0.05) is 25.1 Å². The third-order valence-electron chi connectivity index (χ3n) is 4.82. The fourth-order valence-electron chi connectivity index (χ4n) is 3.27. The lowest BCUT2D eigenvalue weighted by atomic mass is 9.98. The van der Waals surface area contributed by atoms with Gasteiger partial charge in [-0.2, -0.15) is 8.78 Å². The van der Waals surface area contributed by atoms with E-state index in [1.165, 1.54) is 30.3 Å². The lowest BCUT2D eigenvalue weighted by Gasteiger charge is -2.34. The van der Waals surface area contributed by atoms with Crippen LogP contribution in [0.4, 0.5) is 8.78 Å². The van der Waals surface area contributed by atoms with Gasteiger partial charge in [0.2, 0.25) is 5.91 Å². The molecule has 1 aromatic carbocycles. The van der Waals surface area contributed by atoms with Gasteiger partial charge in [-0.25, -0.2) is 4.79 Å². The Kier molecular flexibility index (Phi) is 8.72. The van der Waals surface area contributed by atoms with E-state index in [1.807, 2.05) is 0 Å². The number of halogens is 2. The molecule has 2 N–H and O–H groups in total. The van der Waals surface area contributed by atoms with E-state index < -0.39 is 18.0 Å². The van der Waals surface area contributed by atoms with E-state index in [9.17, 15) is 23.5 Å². The zero-order valence-electron chi connectivity index (χ0n) is 16.2. The van der Waals surface area contributed by atoms with Crippen LogP contribution in [0.3, 0.4) is 0 Å². The zero-order valence-corrected chi connectivity index (χ0v) is 16.2. The number of piperidine rings is 1. The number of ether oxygens (including phenoxy) is 1. The van der Waals surface area contributed by atoms with Crippen molar-refractivity contribution in [2.24, 2.45) is 0 Å². The summed E-state index contributed by atoms with van der Waals surface area (Å²) in [6.07, 6.45) is 3.47. The number of carbonyl (C=O) groups is 2. The number of carbonyl (C=O) groups excluding carboxylic acids is 1. The topological polar surface area (TPSA) is 87.1 Å². The molecule has 1 aromatic rings. The fourth-order valence-corrected chi connectivity index (χ4v) is 3.27. The van der Waals surface area contributed by atoms with Gasteiger partial charge in [0.1, 0.15) is 12.7 Å². The van der Waals surface area contributed by atoms with Gasteiger partial charge in [-0.15, -0.1) is 0 Å². The monoisotopic (exact) mass is 411 g/mol. The third-order valence-corrected chi connectivity index (χ3v) is 4.82. The summed E-state index contributed by atoms with van der Waals surface area (Å²) >= 11 is 0. The van der Waals surface area contributed by atoms with Crippen LogP contribution in [-0.4, -0.2) is 58.9 Å². The van der Waals surface area contributed by atoms with E-state index in [0.717, 1.165) is 6.08 Å². The van der Waals surface area contributed by atoms with Gasteiger partial charge in [-0.1, -0.05) is 42.5 Å². The molecule has 1 saturated heterocycles. The van der Waals surface area contributed by atoms with Crippen LogP contribution >= 0.6 is 0 Å². The Balaban J connectivity index is 1.92. The average molecular weight is 411 g/mol. The molecule has 1 aliphatic heterocycles. The van der Waals surface area contributed by atoms with Crippen LogP contribution in [0.15, 0.2) is 42.5 Å². The van der Waals surface area contributed by atoms with Crippen molar-refractivity contribution < 1.29 is 33.3 Å². The van der Waals surface area contributed by atoms with E-state index >= 15 is 0 Å². The molecule has 0 bridgehead atoms. The van der Waals surface area contributed by atoms with E-state index in [0.29, 0.717) is 38.6 Å². The fraction of sp³-hybridized carbons (Fsp3) is 0.524. The summed E-state index contributed by atoms with van der Waals surface area (Å²) in [5, 5.41) is 18.5. The van der Waals surface area contributed by atoms with Crippen LogP contribution in [0.25, 0.3) is 0 Å². The third kappa shape index (κ3) is 6.90. The number of aliphatic hydroxyl groups excluding tert-OH is 1. The van der Waals surface area contributed by atoms with Crippen LogP contribution in [0, 0.1) is 0 Å². The number of rotatable bonds is 11. The largest absolute Gasteiger partial charge is 0.480 e. The van der Waals surface area contributed by atoms with Crippen molar-refractivity contribution in [3.8, 4) is 0 Å². The first-order valence-electron chi connectivity index (χ1n) is 9.71. The average Bonchev–Trinajstić information content (AvgIpc) is 2.70. The molecule has 8 heteroatoms. The Morgan fingerprint density at radius 1 is 1.31 bits per heavy atom. The minimum absolute atomic E-state index is 0.0540. The van der Waals surface area contributed by atoms with Gasteiger partial charge in [-0.3, -0.25) is 4.79 Å². The number of nitrogens with zero attached hydrogens (tertiary/aromatic N) is 1. The Hall–Kier alpha value is -2.32. The molecular formula is C21H27F2NO5. The molecule has 2 rings (SSSR count). The minimum Gasteiger partial charge on any atom is -0.480 e. The number of amides is 1. The summed E-state index contributed by atoms with van der Waals surface area (Å²) in [4.78, 5) is 24.3. The number of alkyl halides is 2. The number of aliphatic hydroxyl groups is 1. The first-order valence-corrected chi connectivity index (χ1v) is 9.71. The molecule has 0 aromatic heterocycles. The number of unbranched alkanes of at least 4 members (excludes halogenated alkanes) is 1. The number of likely N-dealkylation sites (tertiary alicyclic amines) is 1. The molecule has 1 amide bonds. The van der Waals surface area contributed by atoms with Crippen LogP contribution in [0.2, 0.25) is 0 Å². The summed E-state index contributed by atoms with van der Waals surface area (Å²) in [6.45, 7) is 0.341. The Morgan fingerprint density at radius 3 is 2.72 bits per heavy atom. The van der Waals surface area contributed by atoms with Gasteiger partial charge < -0.3 is 19.8 Å². The molecule has 160 valence electrons. The van der Waals surface area contributed by atoms with Gasteiger partial charge in [0.15, 0.2) is 0 Å². The normalized spacial score (nSPS) is 18.9. The number of hydrogen-bond acceptors (Lipinski definition) is 4. The van der Waals surface area contributed by atoms with Gasteiger partial charge in [0.25, 0.3) is 0 Å². The number of hydrogen-bond donors (Lipinski definition) is 2. The summed E-state index contributed by atoms with van der Waals surface area (Å²) < 4.78 is 33.8. The summed E-state index contributed by atoms with van der Waals surface area (Å²) in [7, 11) is 0. The smallest absolute Gasteiger partial charge is 0.329 e. The van der Waals surface area contributed by atoms with Gasteiger partial charge in [-0.05, 0) is 25.7 Å².